The Labute approximate surface area is 328 Å². The van der Waals surface area contributed by atoms with Crippen LogP contribution in [0.2, 0.25) is 15.1 Å². The third kappa shape index (κ3) is 10.9. The van der Waals surface area contributed by atoms with Gasteiger partial charge in [-0.25, -0.2) is 0 Å². The molecule has 6 rings (SSSR count). The zero-order valence-corrected chi connectivity index (χ0v) is 32.5. The van der Waals surface area contributed by atoms with Crippen molar-refractivity contribution in [3.05, 3.63) is 194 Å². The van der Waals surface area contributed by atoms with E-state index in [1.165, 1.54) is 0 Å². The Balaban J connectivity index is 0.000000979. The van der Waals surface area contributed by atoms with Crippen molar-refractivity contribution in [2.75, 3.05) is 0 Å². The van der Waals surface area contributed by atoms with Crippen LogP contribution in [0.1, 0.15) is 10.4 Å². The van der Waals surface area contributed by atoms with Crippen LogP contribution in [-0.4, -0.2) is 10.6 Å². The molecule has 52 heavy (non-hydrogen) atoms. The quantitative estimate of drug-likeness (QED) is 0.113. The molecule has 6 aromatic carbocycles. The second-order valence-electron chi connectivity index (χ2n) is 10.8. The molecule has 264 valence electrons. The van der Waals surface area contributed by atoms with E-state index in [0.717, 1.165) is 35.4 Å². The molecular formula is C39H29Cl4NO5PS2+. The smallest absolute Gasteiger partial charge is 0.258 e. The highest BCUT2D eigenvalue weighted by atomic mass is 35.7. The molecule has 0 radical (unpaired) electrons. The van der Waals surface area contributed by atoms with Crippen molar-refractivity contribution in [1.82, 2.24) is 5.32 Å². The van der Waals surface area contributed by atoms with Gasteiger partial charge in [-0.05, 0) is 109 Å². The molecule has 0 aliphatic carbocycles. The van der Waals surface area contributed by atoms with Crippen molar-refractivity contribution in [1.29, 1.82) is 0 Å². The lowest BCUT2D eigenvalue weighted by Crippen LogP contribution is -2.58. The molecule has 13 heteroatoms. The third-order valence-electron chi connectivity index (χ3n) is 7.35. The second-order valence-corrected chi connectivity index (χ2v) is 18.6. The fourth-order valence-corrected chi connectivity index (χ4v) is 12.7. The minimum absolute atomic E-state index is 0.227. The fraction of sp³-hybridized carbons (Fsp3) is 0. The molecule has 6 nitrogen and oxygen atoms in total. The largest absolute Gasteiger partial charge is 0.291 e. The molecule has 0 spiro atoms. The molecule has 0 aliphatic heterocycles. The molecular weight excluding hydrogens is 799 g/mol. The van der Waals surface area contributed by atoms with Gasteiger partial charge < -0.3 is 0 Å². The summed E-state index contributed by atoms with van der Waals surface area (Å²) in [5.41, 5.74) is 1.33. The highest BCUT2D eigenvalue weighted by Gasteiger charge is 2.52. The van der Waals surface area contributed by atoms with Crippen LogP contribution >= 0.6 is 65.6 Å². The number of carbonyl (C=O) groups excluding carboxylic acids is 1. The molecule has 0 bridgehead atoms. The van der Waals surface area contributed by atoms with Gasteiger partial charge in [-0.15, -0.1) is 0 Å². The van der Waals surface area contributed by atoms with E-state index in [2.05, 4.69) is 78.1 Å². The number of hydrogen-bond donors (Lipinski definition) is 2. The van der Waals surface area contributed by atoms with Gasteiger partial charge in [-0.2, -0.15) is 14.0 Å². The lowest BCUT2D eigenvalue weighted by atomic mass is 10.2. The molecule has 2 N–H and O–H groups in total. The summed E-state index contributed by atoms with van der Waals surface area (Å²) in [4.78, 5) is 16.3. The zero-order valence-electron chi connectivity index (χ0n) is 26.9. The number of carbonyl (C=O) groups is 1. The fourth-order valence-electron chi connectivity index (χ4n) is 5.18. The maximum atomic E-state index is 14.4. The number of amides is 1. The van der Waals surface area contributed by atoms with Crippen LogP contribution < -0.4 is 35.2 Å². The first-order valence-electron chi connectivity index (χ1n) is 15.3. The second kappa shape index (κ2) is 18.6. The van der Waals surface area contributed by atoms with Gasteiger partial charge in [0, 0.05) is 30.4 Å². The Morgan fingerprint density at radius 3 is 1.17 bits per heavy atom. The minimum atomic E-state index is -4.69. The Hall–Kier alpha value is -3.34. The van der Waals surface area contributed by atoms with Crippen molar-refractivity contribution in [2.24, 2.45) is 0 Å². The third-order valence-corrected chi connectivity index (χ3v) is 14.9. The van der Waals surface area contributed by atoms with Gasteiger partial charge in [0.1, 0.15) is 20.2 Å². The first kappa shape index (κ1) is 39.9. The molecule has 0 aliphatic rings. The monoisotopic (exact) mass is 826 g/mol. The van der Waals surface area contributed by atoms with Gasteiger partial charge in [0.05, 0.1) is 14.9 Å². The van der Waals surface area contributed by atoms with Crippen LogP contribution in [-0.2, 0) is 0 Å². The van der Waals surface area contributed by atoms with E-state index >= 15 is 0 Å². The Bertz CT molecular complexity index is 1940. The van der Waals surface area contributed by atoms with Crippen LogP contribution in [0.15, 0.2) is 183 Å². The summed E-state index contributed by atoms with van der Waals surface area (Å²) in [6, 6.07) is 54.0. The van der Waals surface area contributed by atoms with E-state index < -0.39 is 17.5 Å². The molecule has 6 aromatic rings. The number of benzene rings is 6. The van der Waals surface area contributed by atoms with Gasteiger partial charge in [0.25, 0.3) is 5.91 Å². The Morgan fingerprint density at radius 1 is 0.538 bits per heavy atom. The van der Waals surface area contributed by atoms with Crippen molar-refractivity contribution >= 4 is 87.4 Å². The van der Waals surface area contributed by atoms with Crippen LogP contribution in [0.5, 0.6) is 0 Å². The molecule has 0 aromatic heterocycles. The van der Waals surface area contributed by atoms with Gasteiger partial charge in [-0.3, -0.25) is 10.1 Å². The topological polar surface area (TPSA) is 119 Å². The highest BCUT2D eigenvalue weighted by Crippen LogP contribution is 2.65. The average molecular weight is 829 g/mol. The van der Waals surface area contributed by atoms with Gasteiger partial charge in [0.2, 0.25) is 0 Å². The summed E-state index contributed by atoms with van der Waals surface area (Å²) in [6.07, 6.45) is 0. The van der Waals surface area contributed by atoms with Crippen LogP contribution in [0.25, 0.3) is 0 Å². The predicted molar refractivity (Wildman–Crippen MR) is 208 cm³/mol. The van der Waals surface area contributed by atoms with Crippen molar-refractivity contribution < 1.29 is 33.7 Å². The molecule has 0 unspecified atom stereocenters. The van der Waals surface area contributed by atoms with Crippen molar-refractivity contribution in [2.45, 2.75) is 9.79 Å². The van der Waals surface area contributed by atoms with Crippen LogP contribution in [0.4, 0.5) is 0 Å². The van der Waals surface area contributed by atoms with E-state index in [0.29, 0.717) is 20.6 Å². The van der Waals surface area contributed by atoms with Gasteiger partial charge in [0.15, 0.2) is 12.7 Å². The minimum Gasteiger partial charge on any atom is -0.291 e. The predicted octanol–water partition coefficient (Wildman–Crippen LogP) is 6.96. The maximum Gasteiger partial charge on any atom is 0.258 e. The number of hydrogen-bond acceptors (Lipinski definition) is 7. The molecule has 0 heterocycles. The zero-order chi connectivity index (χ0) is 37.1. The summed E-state index contributed by atoms with van der Waals surface area (Å²) >= 11 is 22.1. The Kier molecular flexibility index (Phi) is 14.3. The summed E-state index contributed by atoms with van der Waals surface area (Å²) < 4.78 is 33.6. The standard InChI is InChI=1S/C39H27Cl3NOPS2.ClHO4/c40-29-18-16-28(17-19-29)37(44)43-38(39(46-35-24-20-30(41)21-25-35)47-36-26-22-31(42)23-27-36)45(32-10-4-1-5-11-32,33-12-6-2-7-13-33)34-14-8-3-9-15-34;2-1(3,4)5/h1-27H;(H,2,3,4,5)/p+1. The molecule has 0 fully saturated rings. The summed E-state index contributed by atoms with van der Waals surface area (Å²) in [5, 5.41) is 8.70. The normalized spacial score (nSPS) is 11.2. The van der Waals surface area contributed by atoms with Crippen molar-refractivity contribution in [3.8, 4) is 0 Å². The lowest BCUT2D eigenvalue weighted by molar-refractivity contribution is -1.92. The van der Waals surface area contributed by atoms with Gasteiger partial charge in [-0.1, -0.05) is 113 Å². The summed E-state index contributed by atoms with van der Waals surface area (Å²) in [6.45, 7) is 0. The number of halogens is 4. The van der Waals surface area contributed by atoms with E-state index in [4.69, 9.17) is 53.4 Å². The highest BCUT2D eigenvalue weighted by molar-refractivity contribution is 8.23. The van der Waals surface area contributed by atoms with E-state index in [1.807, 2.05) is 66.7 Å². The van der Waals surface area contributed by atoms with E-state index in [9.17, 15) is 4.79 Å². The molecule has 0 saturated heterocycles. The van der Waals surface area contributed by atoms with Crippen LogP contribution in [0, 0.1) is 10.2 Å². The van der Waals surface area contributed by atoms with E-state index in [1.54, 1.807) is 47.8 Å². The first-order chi connectivity index (χ1) is 24.9. The summed E-state index contributed by atoms with van der Waals surface area (Å²) in [7, 11) is -7.46. The lowest BCUT2D eigenvalue weighted by Gasteiger charge is -2.31. The first-order valence-corrected chi connectivity index (χ1v) is 21.1. The maximum absolute atomic E-state index is 14.4. The Morgan fingerprint density at radius 2 is 0.846 bits per heavy atom. The van der Waals surface area contributed by atoms with Crippen LogP contribution in [0.3, 0.4) is 0 Å². The SMILES string of the molecule is O=C(NC(=C(Sc1ccc(Cl)cc1)Sc1ccc(Cl)cc1)[P+](c1ccccc1)(c1ccccc1)c1ccccc1)c1ccc(Cl)cc1.[O-][Cl+3]([O-])([O-])O. The summed E-state index contributed by atoms with van der Waals surface area (Å²) in [5.74, 6) is -0.227. The van der Waals surface area contributed by atoms with E-state index in [-0.39, 0.29) is 5.91 Å². The number of nitrogens with one attached hydrogen (secondary N) is 1. The molecule has 1 amide bonds. The molecule has 0 saturated carbocycles. The van der Waals surface area contributed by atoms with Gasteiger partial charge >= 0.3 is 0 Å². The number of rotatable bonds is 10. The van der Waals surface area contributed by atoms with Crippen molar-refractivity contribution in [3.63, 3.8) is 0 Å². The molecule has 0 atom stereocenters. The average Bonchev–Trinajstić information content (AvgIpc) is 3.14. The number of thioether (sulfide) groups is 2.